The molecular weight excluding hydrogens is 468 g/mol. The first-order valence-corrected chi connectivity index (χ1v) is 11.5. The van der Waals surface area contributed by atoms with E-state index in [2.05, 4.69) is 15.5 Å². The summed E-state index contributed by atoms with van der Waals surface area (Å²) in [5, 5.41) is 7.44. The van der Waals surface area contributed by atoms with Crippen LogP contribution >= 0.6 is 11.6 Å². The van der Waals surface area contributed by atoms with Crippen molar-refractivity contribution < 1.29 is 19.2 Å². The molecule has 1 aliphatic rings. The van der Waals surface area contributed by atoms with Gasteiger partial charge in [-0.25, -0.2) is 0 Å². The SMILES string of the molecule is COc1ccc(Cl)c(C2=NOC(C(=O)N(CC(=O)NCc3cccnc3)Cc3ccccc3)C2)c1. The summed E-state index contributed by atoms with van der Waals surface area (Å²) in [4.78, 5) is 37.2. The molecule has 180 valence electrons. The minimum atomic E-state index is -0.859. The largest absolute Gasteiger partial charge is 0.497 e. The van der Waals surface area contributed by atoms with Crippen molar-refractivity contribution in [1.82, 2.24) is 15.2 Å². The Morgan fingerprint density at radius 2 is 1.94 bits per heavy atom. The number of oxime groups is 1. The van der Waals surface area contributed by atoms with E-state index in [9.17, 15) is 9.59 Å². The maximum atomic E-state index is 13.4. The molecule has 1 N–H and O–H groups in total. The molecular formula is C26H25ClN4O4. The Morgan fingerprint density at radius 1 is 1.14 bits per heavy atom. The standard InChI is InChI=1S/C26H25ClN4O4/c1-34-20-9-10-22(27)21(12-20)23-13-24(35-30-23)26(33)31(16-18-6-3-2-4-7-18)17-25(32)29-15-19-8-5-11-28-14-19/h2-12,14,24H,13,15-17H2,1H3,(H,29,32). The predicted octanol–water partition coefficient (Wildman–Crippen LogP) is 3.58. The van der Waals surface area contributed by atoms with Crippen molar-refractivity contribution >= 4 is 29.1 Å². The third kappa shape index (κ3) is 6.36. The van der Waals surface area contributed by atoms with Crippen LogP contribution < -0.4 is 10.1 Å². The lowest BCUT2D eigenvalue weighted by Crippen LogP contribution is -2.44. The molecule has 4 rings (SSSR count). The molecule has 0 bridgehead atoms. The molecule has 1 aromatic heterocycles. The number of hydrogen-bond acceptors (Lipinski definition) is 6. The molecule has 2 aromatic carbocycles. The van der Waals surface area contributed by atoms with Gasteiger partial charge in [0.05, 0.1) is 17.8 Å². The van der Waals surface area contributed by atoms with E-state index < -0.39 is 6.10 Å². The maximum Gasteiger partial charge on any atom is 0.267 e. The van der Waals surface area contributed by atoms with Crippen LogP contribution in [-0.4, -0.2) is 47.2 Å². The molecule has 0 spiro atoms. The number of aromatic nitrogens is 1. The average molecular weight is 493 g/mol. The van der Waals surface area contributed by atoms with Crippen molar-refractivity contribution in [2.45, 2.75) is 25.6 Å². The minimum Gasteiger partial charge on any atom is -0.497 e. The monoisotopic (exact) mass is 492 g/mol. The number of benzene rings is 2. The molecule has 0 aliphatic carbocycles. The summed E-state index contributed by atoms with van der Waals surface area (Å²) in [5.74, 6) is 0.00845. The third-order valence-electron chi connectivity index (χ3n) is 5.50. The zero-order valence-corrected chi connectivity index (χ0v) is 19.9. The van der Waals surface area contributed by atoms with Gasteiger partial charge >= 0.3 is 0 Å². The lowest BCUT2D eigenvalue weighted by atomic mass is 10.0. The summed E-state index contributed by atoms with van der Waals surface area (Å²) in [7, 11) is 1.56. The summed E-state index contributed by atoms with van der Waals surface area (Å²) in [6, 6.07) is 18.4. The van der Waals surface area contributed by atoms with E-state index in [0.29, 0.717) is 28.6 Å². The van der Waals surface area contributed by atoms with Crippen molar-refractivity contribution in [3.8, 4) is 5.75 Å². The van der Waals surface area contributed by atoms with Crippen LogP contribution in [-0.2, 0) is 27.5 Å². The van der Waals surface area contributed by atoms with Crippen molar-refractivity contribution in [3.63, 3.8) is 0 Å². The lowest BCUT2D eigenvalue weighted by Gasteiger charge is -2.24. The number of nitrogens with zero attached hydrogens (tertiary/aromatic N) is 3. The highest BCUT2D eigenvalue weighted by Gasteiger charge is 2.34. The highest BCUT2D eigenvalue weighted by Crippen LogP contribution is 2.27. The second-order valence-corrected chi connectivity index (χ2v) is 8.41. The van der Waals surface area contributed by atoms with E-state index >= 15 is 0 Å². The number of carbonyl (C=O) groups is 2. The van der Waals surface area contributed by atoms with Crippen molar-refractivity contribution in [3.05, 3.63) is 94.8 Å². The van der Waals surface area contributed by atoms with E-state index in [1.807, 2.05) is 36.4 Å². The van der Waals surface area contributed by atoms with E-state index in [1.165, 1.54) is 4.90 Å². The smallest absolute Gasteiger partial charge is 0.267 e. The molecule has 0 saturated carbocycles. The summed E-state index contributed by atoms with van der Waals surface area (Å²) in [6.45, 7) is 0.458. The minimum absolute atomic E-state index is 0.122. The Kier molecular flexibility index (Phi) is 7.95. The Hall–Kier alpha value is -3.91. The Balaban J connectivity index is 1.45. The van der Waals surface area contributed by atoms with Crippen LogP contribution in [0, 0.1) is 0 Å². The molecule has 3 aromatic rings. The molecule has 9 heteroatoms. The van der Waals surface area contributed by atoms with Crippen molar-refractivity contribution in [2.75, 3.05) is 13.7 Å². The molecule has 1 unspecified atom stereocenters. The van der Waals surface area contributed by atoms with Gasteiger partial charge in [-0.05, 0) is 35.4 Å². The number of pyridine rings is 1. The van der Waals surface area contributed by atoms with E-state index in [-0.39, 0.29) is 31.3 Å². The molecule has 2 heterocycles. The molecule has 0 radical (unpaired) electrons. The highest BCUT2D eigenvalue weighted by atomic mass is 35.5. The number of amides is 2. The topological polar surface area (TPSA) is 93.1 Å². The number of nitrogens with one attached hydrogen (secondary N) is 1. The number of ether oxygens (including phenoxy) is 1. The summed E-state index contributed by atoms with van der Waals surface area (Å²) in [5.41, 5.74) is 2.96. The van der Waals surface area contributed by atoms with Gasteiger partial charge in [0.15, 0.2) is 0 Å². The summed E-state index contributed by atoms with van der Waals surface area (Å²) < 4.78 is 5.27. The normalized spacial score (nSPS) is 14.6. The van der Waals surface area contributed by atoms with E-state index in [1.54, 1.807) is 43.8 Å². The Morgan fingerprint density at radius 3 is 2.69 bits per heavy atom. The van der Waals surface area contributed by atoms with Crippen LogP contribution in [0.1, 0.15) is 23.1 Å². The predicted molar refractivity (Wildman–Crippen MR) is 132 cm³/mol. The highest BCUT2D eigenvalue weighted by molar-refractivity contribution is 6.34. The number of hydrogen-bond donors (Lipinski definition) is 1. The van der Waals surface area contributed by atoms with Gasteiger partial charge in [-0.15, -0.1) is 0 Å². The Bertz CT molecular complexity index is 1200. The van der Waals surface area contributed by atoms with Crippen LogP contribution in [0.25, 0.3) is 0 Å². The van der Waals surface area contributed by atoms with Crippen LogP contribution in [0.4, 0.5) is 0 Å². The lowest BCUT2D eigenvalue weighted by molar-refractivity contribution is -0.145. The molecule has 2 amide bonds. The fourth-order valence-corrected chi connectivity index (χ4v) is 3.90. The second kappa shape index (κ2) is 11.5. The van der Waals surface area contributed by atoms with Gasteiger partial charge in [-0.3, -0.25) is 14.6 Å². The quantitative estimate of drug-likeness (QED) is 0.493. The van der Waals surface area contributed by atoms with Crippen LogP contribution in [0.2, 0.25) is 5.02 Å². The van der Waals surface area contributed by atoms with Gasteiger partial charge < -0.3 is 19.8 Å². The van der Waals surface area contributed by atoms with Crippen LogP contribution in [0.3, 0.4) is 0 Å². The zero-order valence-electron chi connectivity index (χ0n) is 19.2. The van der Waals surface area contributed by atoms with Gasteiger partial charge in [0.1, 0.15) is 12.3 Å². The molecule has 1 atom stereocenters. The summed E-state index contributed by atoms with van der Waals surface area (Å²) >= 11 is 6.34. The van der Waals surface area contributed by atoms with Gasteiger partial charge in [-0.2, -0.15) is 0 Å². The van der Waals surface area contributed by atoms with Gasteiger partial charge in [-0.1, -0.05) is 53.2 Å². The number of carbonyl (C=O) groups excluding carboxylic acids is 2. The molecule has 0 fully saturated rings. The first-order chi connectivity index (χ1) is 17.0. The molecule has 1 aliphatic heterocycles. The zero-order chi connectivity index (χ0) is 24.6. The molecule has 35 heavy (non-hydrogen) atoms. The van der Waals surface area contributed by atoms with Gasteiger partial charge in [0, 0.05) is 37.5 Å². The molecule has 8 nitrogen and oxygen atoms in total. The maximum absolute atomic E-state index is 13.4. The summed E-state index contributed by atoms with van der Waals surface area (Å²) in [6.07, 6.45) is 2.72. The van der Waals surface area contributed by atoms with Crippen molar-refractivity contribution in [2.24, 2.45) is 5.16 Å². The van der Waals surface area contributed by atoms with Crippen LogP contribution in [0.5, 0.6) is 5.75 Å². The first kappa shape index (κ1) is 24.2. The molecule has 0 saturated heterocycles. The second-order valence-electron chi connectivity index (χ2n) is 8.00. The van der Waals surface area contributed by atoms with Crippen LogP contribution in [0.15, 0.2) is 78.2 Å². The average Bonchev–Trinajstić information content (AvgIpc) is 3.38. The van der Waals surface area contributed by atoms with Gasteiger partial charge in [0.25, 0.3) is 5.91 Å². The first-order valence-electron chi connectivity index (χ1n) is 11.1. The third-order valence-corrected chi connectivity index (χ3v) is 5.83. The fraction of sp³-hybridized carbons (Fsp3) is 0.231. The van der Waals surface area contributed by atoms with Gasteiger partial charge in [0.2, 0.25) is 12.0 Å². The van der Waals surface area contributed by atoms with Crippen molar-refractivity contribution in [1.29, 1.82) is 0 Å². The number of rotatable bonds is 9. The Labute approximate surface area is 208 Å². The van der Waals surface area contributed by atoms with E-state index in [4.69, 9.17) is 21.2 Å². The number of methoxy groups -OCH3 is 1. The fourth-order valence-electron chi connectivity index (χ4n) is 3.67. The number of halogens is 1. The van der Waals surface area contributed by atoms with E-state index in [0.717, 1.165) is 11.1 Å².